The molecule has 4 nitrogen and oxygen atoms in total. The number of nitrogens with zero attached hydrogens (tertiary/aromatic N) is 1. The number of alkyl halides is 3. The summed E-state index contributed by atoms with van der Waals surface area (Å²) < 4.78 is 52.5. The predicted octanol–water partition coefficient (Wildman–Crippen LogP) is 3.08. The number of anilines is 1. The number of hydrogen-bond donors (Lipinski definition) is 3. The Morgan fingerprint density at radius 1 is 1.12 bits per heavy atom. The first kappa shape index (κ1) is 17.4. The fourth-order valence-electron chi connectivity index (χ4n) is 2.59. The molecular weight excluding hydrogens is 338 g/mol. The van der Waals surface area contributed by atoms with Crippen molar-refractivity contribution in [1.82, 2.24) is 10.7 Å². The average molecular weight is 353 g/mol. The molecule has 0 aliphatic carbocycles. The van der Waals surface area contributed by atoms with Crippen LogP contribution in [0.1, 0.15) is 11.1 Å². The molecule has 2 aromatic rings. The van der Waals surface area contributed by atoms with E-state index >= 15 is 0 Å². The number of nitrogens with one attached hydrogen (secondary N) is 2. The van der Waals surface area contributed by atoms with Crippen LogP contribution in [0.4, 0.5) is 23.2 Å². The standard InChI is InChI=1S/C17H15F4N3O/c18-13-5-2-6-14(8-13)24-15(9-16(23-24)22-10-25)11-3-1-4-12(7-11)17(19,20)21/h1-9,16,22-23,25H,10H2. The van der Waals surface area contributed by atoms with E-state index in [0.29, 0.717) is 16.9 Å². The van der Waals surface area contributed by atoms with E-state index in [1.54, 1.807) is 12.1 Å². The molecule has 0 aromatic heterocycles. The molecule has 0 bridgehead atoms. The zero-order valence-corrected chi connectivity index (χ0v) is 12.9. The minimum Gasteiger partial charge on any atom is -0.381 e. The average Bonchev–Trinajstić information content (AvgIpc) is 2.99. The first-order valence-corrected chi connectivity index (χ1v) is 7.44. The molecule has 1 heterocycles. The lowest BCUT2D eigenvalue weighted by Gasteiger charge is -2.24. The van der Waals surface area contributed by atoms with Gasteiger partial charge in [0.05, 0.1) is 29.8 Å². The number of rotatable bonds is 4. The highest BCUT2D eigenvalue weighted by atomic mass is 19.4. The molecule has 0 fully saturated rings. The molecule has 8 heteroatoms. The van der Waals surface area contributed by atoms with Gasteiger partial charge in [-0.05, 0) is 36.4 Å². The summed E-state index contributed by atoms with van der Waals surface area (Å²) in [4.78, 5) is 0. The molecule has 3 rings (SSSR count). The Morgan fingerprint density at radius 2 is 1.88 bits per heavy atom. The van der Waals surface area contributed by atoms with Crippen LogP contribution in [0, 0.1) is 5.82 Å². The van der Waals surface area contributed by atoms with Crippen molar-refractivity contribution < 1.29 is 22.7 Å². The van der Waals surface area contributed by atoms with Gasteiger partial charge >= 0.3 is 6.18 Å². The van der Waals surface area contributed by atoms with Gasteiger partial charge < -0.3 is 5.11 Å². The maximum absolute atomic E-state index is 13.5. The minimum atomic E-state index is -4.46. The summed E-state index contributed by atoms with van der Waals surface area (Å²) >= 11 is 0. The van der Waals surface area contributed by atoms with Crippen LogP contribution in [0.3, 0.4) is 0 Å². The van der Waals surface area contributed by atoms with Crippen molar-refractivity contribution in [1.29, 1.82) is 0 Å². The first-order chi connectivity index (χ1) is 11.9. The zero-order chi connectivity index (χ0) is 18.0. The molecule has 0 spiro atoms. The lowest BCUT2D eigenvalue weighted by atomic mass is 10.1. The molecule has 1 unspecified atom stereocenters. The first-order valence-electron chi connectivity index (χ1n) is 7.44. The Labute approximate surface area is 141 Å². The van der Waals surface area contributed by atoms with E-state index in [1.165, 1.54) is 35.3 Å². The topological polar surface area (TPSA) is 47.5 Å². The summed E-state index contributed by atoms with van der Waals surface area (Å²) in [5.41, 5.74) is 3.34. The molecular formula is C17H15F4N3O. The second-order valence-corrected chi connectivity index (χ2v) is 5.41. The summed E-state index contributed by atoms with van der Waals surface area (Å²) in [6.45, 7) is -0.332. The monoisotopic (exact) mass is 353 g/mol. The second kappa shape index (κ2) is 6.83. The van der Waals surface area contributed by atoms with Crippen molar-refractivity contribution in [2.24, 2.45) is 0 Å². The lowest BCUT2D eigenvalue weighted by molar-refractivity contribution is -0.137. The quantitative estimate of drug-likeness (QED) is 0.584. The third kappa shape index (κ3) is 3.81. The van der Waals surface area contributed by atoms with E-state index in [9.17, 15) is 17.6 Å². The molecule has 1 aliphatic rings. The highest BCUT2D eigenvalue weighted by molar-refractivity contribution is 5.81. The molecule has 0 saturated carbocycles. The predicted molar refractivity (Wildman–Crippen MR) is 85.4 cm³/mol. The Balaban J connectivity index is 2.02. The summed E-state index contributed by atoms with van der Waals surface area (Å²) in [5, 5.41) is 13.2. The van der Waals surface area contributed by atoms with Crippen molar-refractivity contribution in [2.75, 3.05) is 11.7 Å². The Bertz CT molecular complexity index is 791. The molecule has 2 aromatic carbocycles. The van der Waals surface area contributed by atoms with Crippen molar-refractivity contribution in [3.05, 3.63) is 71.6 Å². The van der Waals surface area contributed by atoms with Crippen LogP contribution in [0.2, 0.25) is 0 Å². The molecule has 1 atom stereocenters. The second-order valence-electron chi connectivity index (χ2n) is 5.41. The maximum Gasteiger partial charge on any atom is 0.416 e. The van der Waals surface area contributed by atoms with Gasteiger partial charge in [-0.2, -0.15) is 13.2 Å². The molecule has 0 saturated heterocycles. The zero-order valence-electron chi connectivity index (χ0n) is 12.9. The van der Waals surface area contributed by atoms with E-state index < -0.39 is 23.7 Å². The van der Waals surface area contributed by atoms with Gasteiger partial charge in [0.15, 0.2) is 0 Å². The van der Waals surface area contributed by atoms with Gasteiger partial charge in [0.1, 0.15) is 5.82 Å². The Morgan fingerprint density at radius 3 is 2.56 bits per heavy atom. The summed E-state index contributed by atoms with van der Waals surface area (Å²) in [5.74, 6) is -0.471. The largest absolute Gasteiger partial charge is 0.416 e. The maximum atomic E-state index is 13.5. The van der Waals surface area contributed by atoms with Gasteiger partial charge in [-0.25, -0.2) is 9.82 Å². The normalized spacial score (nSPS) is 17.7. The molecule has 3 N–H and O–H groups in total. The van der Waals surface area contributed by atoms with Gasteiger partial charge in [-0.1, -0.05) is 18.2 Å². The SMILES string of the molecule is OCNC1C=C(c2cccc(C(F)(F)F)c2)N(c2cccc(F)c2)N1. The molecule has 132 valence electrons. The highest BCUT2D eigenvalue weighted by Crippen LogP contribution is 2.34. The van der Waals surface area contributed by atoms with Gasteiger partial charge in [-0.3, -0.25) is 10.3 Å². The number of aliphatic hydroxyl groups excluding tert-OH is 1. The van der Waals surface area contributed by atoms with Gasteiger partial charge in [0.2, 0.25) is 0 Å². The van der Waals surface area contributed by atoms with E-state index in [1.807, 2.05) is 0 Å². The molecule has 0 radical (unpaired) electrons. The highest BCUT2D eigenvalue weighted by Gasteiger charge is 2.32. The molecule has 1 aliphatic heterocycles. The number of hydrazine groups is 1. The van der Waals surface area contributed by atoms with Crippen LogP contribution in [-0.4, -0.2) is 18.0 Å². The van der Waals surface area contributed by atoms with Crippen LogP contribution < -0.4 is 15.8 Å². The van der Waals surface area contributed by atoms with Gasteiger partial charge in [-0.15, -0.1) is 0 Å². The minimum absolute atomic E-state index is 0.314. The van der Waals surface area contributed by atoms with Gasteiger partial charge in [0.25, 0.3) is 0 Å². The van der Waals surface area contributed by atoms with Crippen molar-refractivity contribution >= 4 is 11.4 Å². The Hall–Kier alpha value is -2.42. The fourth-order valence-corrected chi connectivity index (χ4v) is 2.59. The smallest absolute Gasteiger partial charge is 0.381 e. The van der Waals surface area contributed by atoms with Crippen LogP contribution in [0.25, 0.3) is 5.70 Å². The van der Waals surface area contributed by atoms with Crippen LogP contribution in [0.5, 0.6) is 0 Å². The number of aliphatic hydroxyl groups is 1. The third-order valence-corrected chi connectivity index (χ3v) is 3.70. The lowest BCUT2D eigenvalue weighted by Crippen LogP contribution is -2.45. The molecule has 0 amide bonds. The van der Waals surface area contributed by atoms with Crippen LogP contribution in [0.15, 0.2) is 54.6 Å². The third-order valence-electron chi connectivity index (χ3n) is 3.70. The number of hydrogen-bond acceptors (Lipinski definition) is 4. The van der Waals surface area contributed by atoms with E-state index in [2.05, 4.69) is 10.7 Å². The van der Waals surface area contributed by atoms with Crippen LogP contribution in [-0.2, 0) is 6.18 Å². The fraction of sp³-hybridized carbons (Fsp3) is 0.176. The number of halogens is 4. The molecule has 25 heavy (non-hydrogen) atoms. The van der Waals surface area contributed by atoms with Crippen molar-refractivity contribution in [3.8, 4) is 0 Å². The summed E-state index contributed by atoms with van der Waals surface area (Å²) in [6.07, 6.45) is -3.36. The van der Waals surface area contributed by atoms with E-state index in [0.717, 1.165) is 12.1 Å². The van der Waals surface area contributed by atoms with E-state index in [-0.39, 0.29) is 6.73 Å². The van der Waals surface area contributed by atoms with Crippen molar-refractivity contribution in [3.63, 3.8) is 0 Å². The van der Waals surface area contributed by atoms with Gasteiger partial charge in [0, 0.05) is 5.56 Å². The van der Waals surface area contributed by atoms with Crippen molar-refractivity contribution in [2.45, 2.75) is 12.3 Å². The Kier molecular flexibility index (Phi) is 4.76. The number of benzene rings is 2. The van der Waals surface area contributed by atoms with E-state index in [4.69, 9.17) is 5.11 Å². The van der Waals surface area contributed by atoms with Crippen LogP contribution >= 0.6 is 0 Å². The summed E-state index contributed by atoms with van der Waals surface area (Å²) in [7, 11) is 0. The summed E-state index contributed by atoms with van der Waals surface area (Å²) in [6, 6.07) is 10.5.